The zero-order chi connectivity index (χ0) is 9.97. The Morgan fingerprint density at radius 2 is 2.21 bits per heavy atom. The van der Waals surface area contributed by atoms with Gasteiger partial charge in [0.2, 0.25) is 0 Å². The number of hydrogen-bond acceptors (Lipinski definition) is 3. The van der Waals surface area contributed by atoms with E-state index in [9.17, 15) is 4.79 Å². The average Bonchev–Trinajstić information content (AvgIpc) is 2.71. The Bertz CT molecular complexity index is 434. The van der Waals surface area contributed by atoms with Crippen LogP contribution in [0.1, 0.15) is 10.4 Å². The lowest BCUT2D eigenvalue weighted by molar-refractivity contribution is 0.0696. The molecule has 0 aliphatic rings. The number of nitrogens with zero attached hydrogens (tertiary/aromatic N) is 2. The minimum Gasteiger partial charge on any atom is -0.478 e. The molecule has 0 fully saturated rings. The van der Waals surface area contributed by atoms with E-state index in [0.717, 1.165) is 5.56 Å². The molecule has 2 aromatic rings. The van der Waals surface area contributed by atoms with Crippen LogP contribution >= 0.6 is 0 Å². The first-order valence-corrected chi connectivity index (χ1v) is 3.96. The van der Waals surface area contributed by atoms with E-state index in [1.807, 2.05) is 0 Å². The van der Waals surface area contributed by atoms with Gasteiger partial charge in [-0.2, -0.15) is 5.10 Å². The number of pyridine rings is 1. The van der Waals surface area contributed by atoms with Gasteiger partial charge in [-0.25, -0.2) is 4.79 Å². The molecule has 0 saturated heterocycles. The molecule has 0 aliphatic carbocycles. The first kappa shape index (κ1) is 8.43. The molecule has 0 radical (unpaired) electrons. The molecule has 0 spiro atoms. The quantitative estimate of drug-likeness (QED) is 0.743. The third-order valence-electron chi connectivity index (χ3n) is 1.80. The monoisotopic (exact) mass is 189 g/mol. The molecular weight excluding hydrogens is 182 g/mol. The van der Waals surface area contributed by atoms with E-state index in [1.165, 1.54) is 12.3 Å². The summed E-state index contributed by atoms with van der Waals surface area (Å²) in [6.45, 7) is 0. The Labute approximate surface area is 79.4 Å². The summed E-state index contributed by atoms with van der Waals surface area (Å²) in [5.41, 5.74) is 1.71. The van der Waals surface area contributed by atoms with Crippen LogP contribution < -0.4 is 0 Å². The lowest BCUT2D eigenvalue weighted by atomic mass is 10.2. The van der Waals surface area contributed by atoms with Gasteiger partial charge in [0, 0.05) is 18.0 Å². The van der Waals surface area contributed by atoms with Crippen molar-refractivity contribution in [2.24, 2.45) is 0 Å². The zero-order valence-electron chi connectivity index (χ0n) is 7.14. The molecule has 2 aromatic heterocycles. The maximum atomic E-state index is 10.5. The Balaban J connectivity index is 2.36. The highest BCUT2D eigenvalue weighted by Crippen LogP contribution is 2.14. The van der Waals surface area contributed by atoms with Gasteiger partial charge in [0.15, 0.2) is 0 Å². The molecule has 0 atom stereocenters. The molecular formula is C9H7N3O2. The first-order chi connectivity index (χ1) is 6.77. The molecule has 2 rings (SSSR count). The number of carboxylic acids is 1. The van der Waals surface area contributed by atoms with E-state index in [2.05, 4.69) is 15.2 Å². The topological polar surface area (TPSA) is 78.9 Å². The largest absolute Gasteiger partial charge is 0.478 e. The number of carboxylic acid groups (broad SMARTS) is 1. The minimum atomic E-state index is -0.976. The van der Waals surface area contributed by atoms with E-state index in [0.29, 0.717) is 5.69 Å². The summed E-state index contributed by atoms with van der Waals surface area (Å²) in [5.74, 6) is -0.976. The van der Waals surface area contributed by atoms with Gasteiger partial charge in [0.05, 0.1) is 17.5 Å². The second kappa shape index (κ2) is 3.29. The van der Waals surface area contributed by atoms with Crippen molar-refractivity contribution < 1.29 is 9.90 Å². The van der Waals surface area contributed by atoms with Gasteiger partial charge in [-0.3, -0.25) is 10.1 Å². The van der Waals surface area contributed by atoms with Crippen molar-refractivity contribution in [3.63, 3.8) is 0 Å². The Kier molecular flexibility index (Phi) is 1.98. The third-order valence-corrected chi connectivity index (χ3v) is 1.80. The van der Waals surface area contributed by atoms with Gasteiger partial charge in [0.1, 0.15) is 0 Å². The molecule has 5 heteroatoms. The normalized spacial score (nSPS) is 10.0. The number of aromatic nitrogens is 3. The van der Waals surface area contributed by atoms with Crippen LogP contribution in [0.15, 0.2) is 30.7 Å². The predicted octanol–water partition coefficient (Wildman–Crippen LogP) is 1.17. The highest BCUT2D eigenvalue weighted by molar-refractivity contribution is 5.87. The molecule has 0 unspecified atom stereocenters. The molecule has 0 saturated carbocycles. The van der Waals surface area contributed by atoms with Crippen molar-refractivity contribution in [1.29, 1.82) is 0 Å². The third kappa shape index (κ3) is 1.47. The van der Waals surface area contributed by atoms with Gasteiger partial charge in [-0.05, 0) is 12.1 Å². The summed E-state index contributed by atoms with van der Waals surface area (Å²) in [6, 6.07) is 3.16. The number of aromatic carboxylic acids is 1. The summed E-state index contributed by atoms with van der Waals surface area (Å²) < 4.78 is 0. The van der Waals surface area contributed by atoms with Crippen LogP contribution in [0.4, 0.5) is 0 Å². The summed E-state index contributed by atoms with van der Waals surface area (Å²) >= 11 is 0. The first-order valence-electron chi connectivity index (χ1n) is 3.96. The average molecular weight is 189 g/mol. The Hall–Kier alpha value is -2.17. The van der Waals surface area contributed by atoms with Gasteiger partial charge >= 0.3 is 5.97 Å². The highest BCUT2D eigenvalue weighted by atomic mass is 16.4. The minimum absolute atomic E-state index is 0.178. The zero-order valence-corrected chi connectivity index (χ0v) is 7.14. The second-order valence-electron chi connectivity index (χ2n) is 2.72. The number of nitrogens with one attached hydrogen (secondary N) is 1. The molecule has 2 N–H and O–H groups in total. The number of aromatic amines is 1. The Morgan fingerprint density at radius 1 is 1.36 bits per heavy atom. The van der Waals surface area contributed by atoms with Crippen LogP contribution in [0.3, 0.4) is 0 Å². The lowest BCUT2D eigenvalue weighted by Gasteiger charge is -1.96. The fourth-order valence-corrected chi connectivity index (χ4v) is 1.08. The molecule has 5 nitrogen and oxygen atoms in total. The van der Waals surface area contributed by atoms with E-state index >= 15 is 0 Å². The molecule has 0 amide bonds. The van der Waals surface area contributed by atoms with Crippen LogP contribution in [-0.4, -0.2) is 26.3 Å². The van der Waals surface area contributed by atoms with Crippen molar-refractivity contribution in [2.45, 2.75) is 0 Å². The van der Waals surface area contributed by atoms with Crippen molar-refractivity contribution in [3.05, 3.63) is 36.3 Å². The van der Waals surface area contributed by atoms with E-state index in [-0.39, 0.29) is 5.56 Å². The Morgan fingerprint density at radius 3 is 2.71 bits per heavy atom. The van der Waals surface area contributed by atoms with Gasteiger partial charge in [-0.15, -0.1) is 0 Å². The number of carbonyl (C=O) groups is 1. The van der Waals surface area contributed by atoms with E-state index in [1.54, 1.807) is 18.5 Å². The molecule has 2 heterocycles. The molecule has 0 bridgehead atoms. The van der Waals surface area contributed by atoms with Crippen LogP contribution in [-0.2, 0) is 0 Å². The number of rotatable bonds is 2. The van der Waals surface area contributed by atoms with Gasteiger partial charge < -0.3 is 5.11 Å². The summed E-state index contributed by atoms with van der Waals surface area (Å²) in [5, 5.41) is 15.1. The number of hydrogen-bond donors (Lipinski definition) is 2. The smallest absolute Gasteiger partial charge is 0.337 e. The van der Waals surface area contributed by atoms with Crippen LogP contribution in [0.2, 0.25) is 0 Å². The van der Waals surface area contributed by atoms with Crippen molar-refractivity contribution in [3.8, 4) is 11.3 Å². The van der Waals surface area contributed by atoms with Crippen LogP contribution in [0, 0.1) is 0 Å². The number of H-pyrrole nitrogens is 1. The van der Waals surface area contributed by atoms with Crippen molar-refractivity contribution in [2.75, 3.05) is 0 Å². The van der Waals surface area contributed by atoms with Crippen LogP contribution in [0.25, 0.3) is 11.3 Å². The summed E-state index contributed by atoms with van der Waals surface area (Å²) in [4.78, 5) is 14.5. The van der Waals surface area contributed by atoms with E-state index in [4.69, 9.17) is 5.11 Å². The van der Waals surface area contributed by atoms with Crippen LogP contribution in [0.5, 0.6) is 0 Å². The fourth-order valence-electron chi connectivity index (χ4n) is 1.08. The van der Waals surface area contributed by atoms with Gasteiger partial charge in [0.25, 0.3) is 0 Å². The highest BCUT2D eigenvalue weighted by Gasteiger charge is 2.04. The molecule has 0 aliphatic heterocycles. The fraction of sp³-hybridized carbons (Fsp3) is 0. The summed E-state index contributed by atoms with van der Waals surface area (Å²) in [7, 11) is 0. The van der Waals surface area contributed by atoms with Crippen molar-refractivity contribution >= 4 is 5.97 Å². The summed E-state index contributed by atoms with van der Waals surface area (Å²) in [6.07, 6.45) is 4.65. The molecule has 0 aromatic carbocycles. The standard InChI is InChI=1S/C9H7N3O2/c13-9(14)6-1-2-8(10-3-6)7-4-11-12-5-7/h1-5H,(H,11,12)(H,13,14). The second-order valence-corrected chi connectivity index (χ2v) is 2.72. The van der Waals surface area contributed by atoms with Crippen molar-refractivity contribution in [1.82, 2.24) is 15.2 Å². The van der Waals surface area contributed by atoms with E-state index < -0.39 is 5.97 Å². The molecule has 70 valence electrons. The maximum Gasteiger partial charge on any atom is 0.337 e. The van der Waals surface area contributed by atoms with Gasteiger partial charge in [-0.1, -0.05) is 0 Å². The SMILES string of the molecule is O=C(O)c1ccc(-c2cn[nH]c2)nc1. The predicted molar refractivity (Wildman–Crippen MR) is 48.8 cm³/mol. The lowest BCUT2D eigenvalue weighted by Crippen LogP contribution is -1.96. The maximum absolute atomic E-state index is 10.5. The molecule has 14 heavy (non-hydrogen) atoms.